The maximum absolute atomic E-state index is 9.28. The fourth-order valence-electron chi connectivity index (χ4n) is 2.19. The highest BCUT2D eigenvalue weighted by atomic mass is 32.1. The molecule has 5 heteroatoms. The van der Waals surface area contributed by atoms with Gasteiger partial charge >= 0.3 is 0 Å². The summed E-state index contributed by atoms with van der Waals surface area (Å²) in [6.45, 7) is 7.90. The standard InChI is InChI=1S/C14H21N3OS/c1-4-5-6-17(7-8-18)13-12-10(2)9-19-14(12)16-11(3)15-13/h9,18H,4-8H2,1-3H3. The van der Waals surface area contributed by atoms with E-state index in [0.717, 1.165) is 41.2 Å². The Morgan fingerprint density at radius 3 is 2.74 bits per heavy atom. The number of anilines is 1. The van der Waals surface area contributed by atoms with Crippen LogP contribution < -0.4 is 4.90 Å². The quantitative estimate of drug-likeness (QED) is 0.883. The normalized spacial score (nSPS) is 11.2. The molecule has 0 saturated heterocycles. The van der Waals surface area contributed by atoms with Crippen molar-refractivity contribution in [1.29, 1.82) is 0 Å². The summed E-state index contributed by atoms with van der Waals surface area (Å²) in [5, 5.41) is 12.5. The molecule has 0 bridgehead atoms. The van der Waals surface area contributed by atoms with E-state index < -0.39 is 0 Å². The summed E-state index contributed by atoms with van der Waals surface area (Å²) in [5.41, 5.74) is 1.22. The Labute approximate surface area is 118 Å². The minimum Gasteiger partial charge on any atom is -0.395 e. The number of unbranched alkanes of at least 4 members (excludes halogenated alkanes) is 1. The Balaban J connectivity index is 2.47. The zero-order valence-electron chi connectivity index (χ0n) is 11.8. The molecule has 0 unspecified atom stereocenters. The van der Waals surface area contributed by atoms with E-state index in [1.54, 1.807) is 11.3 Å². The van der Waals surface area contributed by atoms with Crippen LogP contribution in [-0.4, -0.2) is 34.8 Å². The Kier molecular flexibility index (Phi) is 4.71. The molecule has 0 radical (unpaired) electrons. The summed E-state index contributed by atoms with van der Waals surface area (Å²) in [6.07, 6.45) is 2.24. The van der Waals surface area contributed by atoms with Gasteiger partial charge in [0.2, 0.25) is 0 Å². The van der Waals surface area contributed by atoms with Crippen molar-refractivity contribution in [1.82, 2.24) is 9.97 Å². The second kappa shape index (κ2) is 6.30. The van der Waals surface area contributed by atoms with Crippen LogP contribution in [0.25, 0.3) is 10.2 Å². The summed E-state index contributed by atoms with van der Waals surface area (Å²) >= 11 is 1.66. The highest BCUT2D eigenvalue weighted by Gasteiger charge is 2.16. The fraction of sp³-hybridized carbons (Fsp3) is 0.571. The van der Waals surface area contributed by atoms with Crippen LogP contribution in [0, 0.1) is 13.8 Å². The Hall–Kier alpha value is -1.20. The molecule has 1 N–H and O–H groups in total. The van der Waals surface area contributed by atoms with Gasteiger partial charge in [-0.2, -0.15) is 0 Å². The molecule has 2 heterocycles. The van der Waals surface area contributed by atoms with Gasteiger partial charge in [-0.15, -0.1) is 11.3 Å². The minimum absolute atomic E-state index is 0.150. The second-order valence-corrected chi connectivity index (χ2v) is 5.62. The van der Waals surface area contributed by atoms with Crippen molar-refractivity contribution in [2.45, 2.75) is 33.6 Å². The molecule has 104 valence electrons. The summed E-state index contributed by atoms with van der Waals surface area (Å²) in [4.78, 5) is 12.3. The third-order valence-corrected chi connectivity index (χ3v) is 4.15. The number of hydrogen-bond acceptors (Lipinski definition) is 5. The number of aliphatic hydroxyl groups is 1. The highest BCUT2D eigenvalue weighted by Crippen LogP contribution is 2.31. The molecule has 0 aliphatic carbocycles. The number of aryl methyl sites for hydroxylation is 2. The number of hydrogen-bond donors (Lipinski definition) is 1. The van der Waals surface area contributed by atoms with Crippen molar-refractivity contribution in [3.8, 4) is 0 Å². The molecule has 2 rings (SSSR count). The lowest BCUT2D eigenvalue weighted by atomic mass is 10.2. The first-order valence-corrected chi connectivity index (χ1v) is 7.63. The van der Waals surface area contributed by atoms with Crippen LogP contribution in [0.2, 0.25) is 0 Å². The fourth-order valence-corrected chi connectivity index (χ4v) is 3.15. The van der Waals surface area contributed by atoms with Gasteiger partial charge in [0.15, 0.2) is 0 Å². The van der Waals surface area contributed by atoms with Crippen LogP contribution in [0.4, 0.5) is 5.82 Å². The van der Waals surface area contributed by atoms with E-state index in [1.165, 1.54) is 5.56 Å². The van der Waals surface area contributed by atoms with E-state index in [-0.39, 0.29) is 6.61 Å². The third-order valence-electron chi connectivity index (χ3n) is 3.16. The molecule has 4 nitrogen and oxygen atoms in total. The summed E-state index contributed by atoms with van der Waals surface area (Å²) in [7, 11) is 0. The number of nitrogens with zero attached hydrogens (tertiary/aromatic N) is 3. The molecule has 0 atom stereocenters. The number of aliphatic hydroxyl groups excluding tert-OH is 1. The van der Waals surface area contributed by atoms with Crippen LogP contribution >= 0.6 is 11.3 Å². The molecule has 0 fully saturated rings. The van der Waals surface area contributed by atoms with Crippen molar-refractivity contribution in [2.75, 3.05) is 24.6 Å². The second-order valence-electron chi connectivity index (χ2n) is 4.76. The lowest BCUT2D eigenvalue weighted by Gasteiger charge is -2.23. The molecule has 0 aliphatic heterocycles. The number of fused-ring (bicyclic) bond motifs is 1. The van der Waals surface area contributed by atoms with Crippen LogP contribution in [0.1, 0.15) is 31.2 Å². The molecule has 0 saturated carbocycles. The van der Waals surface area contributed by atoms with E-state index in [4.69, 9.17) is 0 Å². The largest absolute Gasteiger partial charge is 0.395 e. The van der Waals surface area contributed by atoms with Gasteiger partial charge in [-0.3, -0.25) is 0 Å². The lowest BCUT2D eigenvalue weighted by molar-refractivity contribution is 0.301. The van der Waals surface area contributed by atoms with Gasteiger partial charge in [0.1, 0.15) is 16.5 Å². The van der Waals surface area contributed by atoms with Crippen LogP contribution in [-0.2, 0) is 0 Å². The highest BCUT2D eigenvalue weighted by molar-refractivity contribution is 7.17. The van der Waals surface area contributed by atoms with Crippen molar-refractivity contribution < 1.29 is 5.11 Å². The molecular formula is C14H21N3OS. The first-order chi connectivity index (χ1) is 9.17. The van der Waals surface area contributed by atoms with E-state index in [0.29, 0.717) is 6.54 Å². The van der Waals surface area contributed by atoms with Crippen molar-refractivity contribution in [3.05, 3.63) is 16.8 Å². The topological polar surface area (TPSA) is 49.2 Å². The van der Waals surface area contributed by atoms with Crippen LogP contribution in [0.15, 0.2) is 5.38 Å². The molecule has 2 aromatic heterocycles. The van der Waals surface area contributed by atoms with Gasteiger partial charge in [-0.1, -0.05) is 13.3 Å². The third kappa shape index (κ3) is 3.04. The Bertz CT molecular complexity index is 553. The van der Waals surface area contributed by atoms with Gasteiger partial charge in [0.05, 0.1) is 12.0 Å². The minimum atomic E-state index is 0.150. The predicted octanol–water partition coefficient (Wildman–Crippen LogP) is 2.91. The average molecular weight is 279 g/mol. The first kappa shape index (κ1) is 14.2. The van der Waals surface area contributed by atoms with Gasteiger partial charge in [0.25, 0.3) is 0 Å². The molecule has 0 aromatic carbocycles. The maximum Gasteiger partial charge on any atom is 0.141 e. The van der Waals surface area contributed by atoms with Gasteiger partial charge < -0.3 is 10.0 Å². The monoisotopic (exact) mass is 279 g/mol. The van der Waals surface area contributed by atoms with Gasteiger partial charge in [-0.25, -0.2) is 9.97 Å². The average Bonchev–Trinajstić information content (AvgIpc) is 2.75. The van der Waals surface area contributed by atoms with Gasteiger partial charge in [-0.05, 0) is 31.2 Å². The zero-order valence-corrected chi connectivity index (χ0v) is 12.6. The summed E-state index contributed by atoms with van der Waals surface area (Å²) in [5.74, 6) is 1.77. The van der Waals surface area contributed by atoms with E-state index >= 15 is 0 Å². The zero-order chi connectivity index (χ0) is 13.8. The SMILES string of the molecule is CCCCN(CCO)c1nc(C)nc2scc(C)c12. The molecular weight excluding hydrogens is 258 g/mol. The van der Waals surface area contributed by atoms with Crippen molar-refractivity contribution in [3.63, 3.8) is 0 Å². The molecule has 0 amide bonds. The Morgan fingerprint density at radius 1 is 1.26 bits per heavy atom. The van der Waals surface area contributed by atoms with Crippen molar-refractivity contribution in [2.24, 2.45) is 0 Å². The van der Waals surface area contributed by atoms with Crippen LogP contribution in [0.5, 0.6) is 0 Å². The van der Waals surface area contributed by atoms with Crippen molar-refractivity contribution >= 4 is 27.4 Å². The van der Waals surface area contributed by atoms with E-state index in [2.05, 4.69) is 34.1 Å². The molecule has 2 aromatic rings. The maximum atomic E-state index is 9.28. The van der Waals surface area contributed by atoms with E-state index in [1.807, 2.05) is 6.92 Å². The number of rotatable bonds is 6. The molecule has 19 heavy (non-hydrogen) atoms. The van der Waals surface area contributed by atoms with Gasteiger partial charge in [0, 0.05) is 13.1 Å². The Morgan fingerprint density at radius 2 is 2.05 bits per heavy atom. The summed E-state index contributed by atoms with van der Waals surface area (Å²) in [6, 6.07) is 0. The van der Waals surface area contributed by atoms with E-state index in [9.17, 15) is 5.11 Å². The van der Waals surface area contributed by atoms with Crippen LogP contribution in [0.3, 0.4) is 0 Å². The first-order valence-electron chi connectivity index (χ1n) is 6.75. The number of thiophene rings is 1. The smallest absolute Gasteiger partial charge is 0.141 e. The molecule has 0 aliphatic rings. The summed E-state index contributed by atoms with van der Waals surface area (Å²) < 4.78 is 0. The lowest BCUT2D eigenvalue weighted by Crippen LogP contribution is -2.29. The predicted molar refractivity (Wildman–Crippen MR) is 81.1 cm³/mol. The molecule has 0 spiro atoms. The number of aromatic nitrogens is 2.